The highest BCUT2D eigenvalue weighted by Gasteiger charge is 2.18. The largest absolute Gasteiger partial charge is 0.497 e. The van der Waals surface area contributed by atoms with Gasteiger partial charge in [0.05, 0.1) is 14.2 Å². The second kappa shape index (κ2) is 7.53. The number of nitrogens with zero attached hydrogens (tertiary/aromatic N) is 2. The minimum atomic E-state index is -0.190. The Morgan fingerprint density at radius 1 is 0.875 bits per heavy atom. The van der Waals surface area contributed by atoms with Crippen LogP contribution in [0.15, 0.2) is 42.5 Å². The van der Waals surface area contributed by atoms with E-state index in [1.807, 2.05) is 18.2 Å². The zero-order valence-corrected chi connectivity index (χ0v) is 14.2. The molecular formula is C19H23FN2O2. The summed E-state index contributed by atoms with van der Waals surface area (Å²) in [7, 11) is 3.33. The number of benzene rings is 2. The average Bonchev–Trinajstić information content (AvgIpc) is 2.62. The molecule has 0 N–H and O–H groups in total. The van der Waals surface area contributed by atoms with Gasteiger partial charge in [0.15, 0.2) is 0 Å². The first-order valence-electron chi connectivity index (χ1n) is 8.13. The highest BCUT2D eigenvalue weighted by molar-refractivity contribution is 5.46. The van der Waals surface area contributed by atoms with E-state index in [2.05, 4.69) is 21.9 Å². The quantitative estimate of drug-likeness (QED) is 0.841. The minimum absolute atomic E-state index is 0.190. The summed E-state index contributed by atoms with van der Waals surface area (Å²) in [6, 6.07) is 12.7. The van der Waals surface area contributed by atoms with Gasteiger partial charge in [-0.2, -0.15) is 0 Å². The Kier molecular flexibility index (Phi) is 5.20. The fourth-order valence-corrected chi connectivity index (χ4v) is 3.03. The number of rotatable bonds is 5. The smallest absolute Gasteiger partial charge is 0.123 e. The van der Waals surface area contributed by atoms with Crippen LogP contribution < -0.4 is 14.4 Å². The molecule has 0 saturated carbocycles. The van der Waals surface area contributed by atoms with Gasteiger partial charge in [-0.3, -0.25) is 4.90 Å². The van der Waals surface area contributed by atoms with Crippen LogP contribution in [0.2, 0.25) is 0 Å². The van der Waals surface area contributed by atoms with Crippen LogP contribution in [0.1, 0.15) is 5.56 Å². The Hall–Kier alpha value is -2.27. The molecule has 0 unspecified atom stereocenters. The lowest BCUT2D eigenvalue weighted by Crippen LogP contribution is -2.45. The molecule has 2 aromatic carbocycles. The Balaban J connectivity index is 1.60. The van der Waals surface area contributed by atoms with E-state index >= 15 is 0 Å². The Labute approximate surface area is 142 Å². The molecule has 1 fully saturated rings. The van der Waals surface area contributed by atoms with Crippen LogP contribution in [0, 0.1) is 5.82 Å². The molecule has 0 spiro atoms. The second-order valence-electron chi connectivity index (χ2n) is 5.96. The summed E-state index contributed by atoms with van der Waals surface area (Å²) in [6.07, 6.45) is 0. The van der Waals surface area contributed by atoms with Gasteiger partial charge in [-0.15, -0.1) is 0 Å². The van der Waals surface area contributed by atoms with Crippen molar-refractivity contribution in [2.75, 3.05) is 45.3 Å². The van der Waals surface area contributed by atoms with Gasteiger partial charge in [-0.1, -0.05) is 0 Å². The maximum atomic E-state index is 13.0. The molecule has 1 aliphatic heterocycles. The maximum Gasteiger partial charge on any atom is 0.123 e. The van der Waals surface area contributed by atoms with E-state index in [0.717, 1.165) is 49.9 Å². The van der Waals surface area contributed by atoms with Crippen LogP contribution in [0.5, 0.6) is 11.5 Å². The zero-order chi connectivity index (χ0) is 16.9. The summed E-state index contributed by atoms with van der Waals surface area (Å²) in [5.41, 5.74) is 2.26. The highest BCUT2D eigenvalue weighted by Crippen LogP contribution is 2.24. The van der Waals surface area contributed by atoms with Gasteiger partial charge in [0, 0.05) is 44.5 Å². The number of methoxy groups -OCH3 is 2. The molecule has 0 aromatic heterocycles. The van der Waals surface area contributed by atoms with Crippen molar-refractivity contribution >= 4 is 5.69 Å². The number of hydrogen-bond acceptors (Lipinski definition) is 4. The Morgan fingerprint density at radius 2 is 1.46 bits per heavy atom. The third-order valence-electron chi connectivity index (χ3n) is 4.38. The SMILES string of the molecule is COc1cc(CN2CCN(c3ccc(F)cc3)CC2)cc(OC)c1. The fraction of sp³-hybridized carbons (Fsp3) is 0.368. The van der Waals surface area contributed by atoms with Gasteiger partial charge in [0.1, 0.15) is 17.3 Å². The molecule has 2 aromatic rings. The monoisotopic (exact) mass is 330 g/mol. The zero-order valence-electron chi connectivity index (χ0n) is 14.2. The van der Waals surface area contributed by atoms with E-state index in [1.165, 1.54) is 17.7 Å². The maximum absolute atomic E-state index is 13.0. The molecule has 1 aliphatic rings. The van der Waals surface area contributed by atoms with Crippen LogP contribution in [0.25, 0.3) is 0 Å². The van der Waals surface area contributed by atoms with Crippen molar-refractivity contribution in [2.45, 2.75) is 6.54 Å². The van der Waals surface area contributed by atoms with Crippen molar-refractivity contribution in [1.82, 2.24) is 4.90 Å². The lowest BCUT2D eigenvalue weighted by Gasteiger charge is -2.36. The van der Waals surface area contributed by atoms with Crippen molar-refractivity contribution in [3.05, 3.63) is 53.8 Å². The first-order chi connectivity index (χ1) is 11.7. The van der Waals surface area contributed by atoms with Crippen LogP contribution in [0.4, 0.5) is 10.1 Å². The van der Waals surface area contributed by atoms with Crippen molar-refractivity contribution in [3.8, 4) is 11.5 Å². The van der Waals surface area contributed by atoms with E-state index in [-0.39, 0.29) is 5.82 Å². The molecule has 0 atom stereocenters. The molecule has 24 heavy (non-hydrogen) atoms. The normalized spacial score (nSPS) is 15.4. The van der Waals surface area contributed by atoms with E-state index in [9.17, 15) is 4.39 Å². The van der Waals surface area contributed by atoms with Crippen LogP contribution in [-0.2, 0) is 6.54 Å². The molecule has 0 aliphatic carbocycles. The predicted octanol–water partition coefficient (Wildman–Crippen LogP) is 3.17. The average molecular weight is 330 g/mol. The molecule has 3 rings (SSSR count). The minimum Gasteiger partial charge on any atom is -0.497 e. The molecule has 0 radical (unpaired) electrons. The lowest BCUT2D eigenvalue weighted by atomic mass is 10.1. The van der Waals surface area contributed by atoms with E-state index in [4.69, 9.17) is 9.47 Å². The van der Waals surface area contributed by atoms with Gasteiger partial charge in [-0.05, 0) is 42.0 Å². The van der Waals surface area contributed by atoms with Crippen LogP contribution >= 0.6 is 0 Å². The van der Waals surface area contributed by atoms with E-state index in [0.29, 0.717) is 0 Å². The van der Waals surface area contributed by atoms with Gasteiger partial charge in [0.25, 0.3) is 0 Å². The van der Waals surface area contributed by atoms with E-state index < -0.39 is 0 Å². The van der Waals surface area contributed by atoms with Gasteiger partial charge in [-0.25, -0.2) is 4.39 Å². The first kappa shape index (κ1) is 16.6. The molecule has 0 bridgehead atoms. The lowest BCUT2D eigenvalue weighted by molar-refractivity contribution is 0.249. The molecule has 1 saturated heterocycles. The third-order valence-corrected chi connectivity index (χ3v) is 4.38. The Bertz CT molecular complexity index is 645. The summed E-state index contributed by atoms with van der Waals surface area (Å²) in [5, 5.41) is 0. The van der Waals surface area contributed by atoms with Crippen molar-refractivity contribution < 1.29 is 13.9 Å². The van der Waals surface area contributed by atoms with Crippen molar-refractivity contribution in [1.29, 1.82) is 0 Å². The summed E-state index contributed by atoms with van der Waals surface area (Å²) < 4.78 is 23.7. The highest BCUT2D eigenvalue weighted by atomic mass is 19.1. The number of ether oxygens (including phenoxy) is 2. The van der Waals surface area contributed by atoms with Crippen molar-refractivity contribution in [2.24, 2.45) is 0 Å². The fourth-order valence-electron chi connectivity index (χ4n) is 3.03. The summed E-state index contributed by atoms with van der Waals surface area (Å²) in [5.74, 6) is 1.44. The third kappa shape index (κ3) is 3.97. The molecule has 1 heterocycles. The molecular weight excluding hydrogens is 307 g/mol. The molecule has 128 valence electrons. The van der Waals surface area contributed by atoms with Crippen LogP contribution in [0.3, 0.4) is 0 Å². The first-order valence-corrected chi connectivity index (χ1v) is 8.13. The molecule has 4 nitrogen and oxygen atoms in total. The second-order valence-corrected chi connectivity index (χ2v) is 5.96. The molecule has 0 amide bonds. The number of piperazine rings is 1. The standard InChI is InChI=1S/C19H23FN2O2/c1-23-18-11-15(12-19(13-18)24-2)14-21-7-9-22(10-8-21)17-5-3-16(20)4-6-17/h3-6,11-13H,7-10,14H2,1-2H3. The van der Waals surface area contributed by atoms with Crippen LogP contribution in [-0.4, -0.2) is 45.3 Å². The topological polar surface area (TPSA) is 24.9 Å². The summed E-state index contributed by atoms with van der Waals surface area (Å²) in [4.78, 5) is 4.70. The van der Waals surface area contributed by atoms with Gasteiger partial charge < -0.3 is 14.4 Å². The van der Waals surface area contributed by atoms with Gasteiger partial charge >= 0.3 is 0 Å². The number of anilines is 1. The van der Waals surface area contributed by atoms with Crippen molar-refractivity contribution in [3.63, 3.8) is 0 Å². The molecule has 5 heteroatoms. The number of hydrogen-bond donors (Lipinski definition) is 0. The summed E-state index contributed by atoms with van der Waals surface area (Å²) in [6.45, 7) is 4.68. The van der Waals surface area contributed by atoms with Gasteiger partial charge in [0.2, 0.25) is 0 Å². The predicted molar refractivity (Wildman–Crippen MR) is 93.4 cm³/mol. The number of halogens is 1. The summed E-state index contributed by atoms with van der Waals surface area (Å²) >= 11 is 0. The van der Waals surface area contributed by atoms with E-state index in [1.54, 1.807) is 14.2 Å². The Morgan fingerprint density at radius 3 is 2.00 bits per heavy atom.